The number of ether oxygens (including phenoxy) is 1. The zero-order valence-electron chi connectivity index (χ0n) is 23.7. The van der Waals surface area contributed by atoms with Gasteiger partial charge in [-0.2, -0.15) is 5.10 Å². The van der Waals surface area contributed by atoms with Gasteiger partial charge in [0.2, 0.25) is 0 Å². The second-order valence-corrected chi connectivity index (χ2v) is 11.4. The van der Waals surface area contributed by atoms with Gasteiger partial charge in [0.1, 0.15) is 11.4 Å². The molecule has 0 aliphatic carbocycles. The fourth-order valence-corrected chi connectivity index (χ4v) is 6.20. The summed E-state index contributed by atoms with van der Waals surface area (Å²) < 4.78 is 24.3. The van der Waals surface area contributed by atoms with Gasteiger partial charge in [0.25, 0.3) is 5.91 Å². The predicted molar refractivity (Wildman–Crippen MR) is 159 cm³/mol. The number of aromatic nitrogens is 2. The summed E-state index contributed by atoms with van der Waals surface area (Å²) in [5.41, 5.74) is -2.14. The van der Waals surface area contributed by atoms with Gasteiger partial charge in [0.15, 0.2) is 5.72 Å². The lowest BCUT2D eigenvalue weighted by molar-refractivity contribution is -0.138. The maximum Gasteiger partial charge on any atom is 0.303 e. The van der Waals surface area contributed by atoms with Gasteiger partial charge in [0.05, 0.1) is 22.9 Å². The van der Waals surface area contributed by atoms with Gasteiger partial charge >= 0.3 is 5.97 Å². The molecule has 0 saturated carbocycles. The van der Waals surface area contributed by atoms with E-state index in [2.05, 4.69) is 5.10 Å². The number of halogens is 3. The van der Waals surface area contributed by atoms with Crippen LogP contribution in [0, 0.1) is 5.82 Å². The Morgan fingerprint density at radius 2 is 1.72 bits per heavy atom. The summed E-state index contributed by atoms with van der Waals surface area (Å²) in [6.45, 7) is 1.74. The zero-order valence-corrected chi connectivity index (χ0v) is 25.2. The van der Waals surface area contributed by atoms with Crippen LogP contribution in [-0.2, 0) is 27.9 Å². The largest absolute Gasteiger partial charge is 0.481 e. The van der Waals surface area contributed by atoms with Crippen LogP contribution in [0.3, 0.4) is 0 Å². The van der Waals surface area contributed by atoms with Crippen molar-refractivity contribution in [1.82, 2.24) is 14.7 Å². The molecule has 4 aromatic rings. The third kappa shape index (κ3) is 5.20. The van der Waals surface area contributed by atoms with E-state index < -0.39 is 35.1 Å². The normalized spacial score (nSPS) is 18.4. The van der Waals surface area contributed by atoms with E-state index in [4.69, 9.17) is 27.9 Å². The highest BCUT2D eigenvalue weighted by Crippen LogP contribution is 2.52. The zero-order chi connectivity index (χ0) is 31.1. The van der Waals surface area contributed by atoms with Crippen molar-refractivity contribution in [1.29, 1.82) is 0 Å². The lowest BCUT2D eigenvalue weighted by Gasteiger charge is -2.43. The first-order chi connectivity index (χ1) is 20.5. The molecule has 43 heavy (non-hydrogen) atoms. The van der Waals surface area contributed by atoms with E-state index in [0.29, 0.717) is 26.9 Å². The van der Waals surface area contributed by atoms with Crippen molar-refractivity contribution in [3.05, 3.63) is 122 Å². The molecule has 1 aromatic heterocycles. The Hall–Kier alpha value is -3.76. The number of carboxylic acids is 1. The monoisotopic (exact) mass is 625 g/mol. The van der Waals surface area contributed by atoms with Crippen molar-refractivity contribution >= 4 is 35.1 Å². The third-order valence-corrected chi connectivity index (χ3v) is 8.58. The molecule has 0 fully saturated rings. The van der Waals surface area contributed by atoms with Gasteiger partial charge in [-0.3, -0.25) is 19.2 Å². The van der Waals surface area contributed by atoms with Crippen molar-refractivity contribution in [3.8, 4) is 0 Å². The number of hydrogen-bond acceptors (Lipinski definition) is 5. The van der Waals surface area contributed by atoms with Crippen LogP contribution in [0.15, 0.2) is 72.9 Å². The highest BCUT2D eigenvalue weighted by atomic mass is 35.5. The van der Waals surface area contributed by atoms with Crippen LogP contribution in [0.25, 0.3) is 0 Å². The average Bonchev–Trinajstić information content (AvgIpc) is 3.54. The van der Waals surface area contributed by atoms with Crippen LogP contribution >= 0.6 is 23.2 Å². The number of aliphatic hydroxyl groups is 1. The molecular weight excluding hydrogens is 596 g/mol. The maximum atomic E-state index is 16.6. The van der Waals surface area contributed by atoms with Crippen molar-refractivity contribution in [2.24, 2.45) is 7.05 Å². The Balaban J connectivity index is 1.79. The Kier molecular flexibility index (Phi) is 8.37. The first kappa shape index (κ1) is 30.7. The van der Waals surface area contributed by atoms with Crippen LogP contribution in [0.5, 0.6) is 0 Å². The second kappa shape index (κ2) is 11.7. The molecule has 0 bridgehead atoms. The van der Waals surface area contributed by atoms with E-state index in [-0.39, 0.29) is 36.0 Å². The topological polar surface area (TPSA) is 105 Å². The fraction of sp³-hybridized carbons (Fsp3) is 0.281. The Morgan fingerprint density at radius 1 is 1.09 bits per heavy atom. The van der Waals surface area contributed by atoms with Crippen LogP contribution in [0.2, 0.25) is 10.0 Å². The Bertz CT molecular complexity index is 1680. The summed E-state index contributed by atoms with van der Waals surface area (Å²) in [6.07, 6.45) is 1.54. The van der Waals surface area contributed by atoms with Gasteiger partial charge in [-0.05, 0) is 66.4 Å². The first-order valence-electron chi connectivity index (χ1n) is 13.6. The molecule has 0 radical (unpaired) electrons. The van der Waals surface area contributed by atoms with E-state index >= 15 is 4.39 Å². The van der Waals surface area contributed by atoms with E-state index in [1.54, 1.807) is 74.8 Å². The summed E-state index contributed by atoms with van der Waals surface area (Å²) in [6, 6.07) is 16.6. The summed E-state index contributed by atoms with van der Waals surface area (Å²) in [7, 11) is 3.07. The number of carboxylic acid groups (broad SMARTS) is 1. The smallest absolute Gasteiger partial charge is 0.303 e. The fourth-order valence-electron chi connectivity index (χ4n) is 5.95. The number of amides is 1. The molecule has 1 unspecified atom stereocenters. The minimum Gasteiger partial charge on any atom is -0.481 e. The first-order valence-corrected chi connectivity index (χ1v) is 14.4. The average molecular weight is 627 g/mol. The minimum atomic E-state index is -1.81. The van der Waals surface area contributed by atoms with Crippen LogP contribution in [-0.4, -0.2) is 43.9 Å². The highest BCUT2D eigenvalue weighted by Gasteiger charge is 2.56. The Morgan fingerprint density at radius 3 is 2.26 bits per heavy atom. The quantitative estimate of drug-likeness (QED) is 0.211. The van der Waals surface area contributed by atoms with Gasteiger partial charge < -0.3 is 14.9 Å². The molecule has 0 spiro atoms. The highest BCUT2D eigenvalue weighted by molar-refractivity contribution is 6.30. The third-order valence-electron chi connectivity index (χ3n) is 8.07. The van der Waals surface area contributed by atoms with Gasteiger partial charge in [-0.25, -0.2) is 4.39 Å². The predicted octanol–water partition coefficient (Wildman–Crippen LogP) is 6.42. The van der Waals surface area contributed by atoms with Crippen molar-refractivity contribution < 1.29 is 28.9 Å². The standard InChI is InChI=1S/C32H30Cl2FN3O5/c1-4-31(42,27-15-16-37(2)36-27)21-17-24-29(25(35)18-21)32(43-3,20-7-11-23(34)12-8-20)38(30(24)41)26(13-14-28(39)40)19-5-9-22(33)10-6-19/h5-12,15-18,26,42H,4,13-14H2,1-3H3,(H,39,40)/t26-,31?,32+/m0/s1. The lowest BCUT2D eigenvalue weighted by Crippen LogP contribution is -2.48. The molecule has 0 saturated heterocycles. The lowest BCUT2D eigenvalue weighted by atomic mass is 9.84. The molecular formula is C32H30Cl2FN3O5. The summed E-state index contributed by atoms with van der Waals surface area (Å²) >= 11 is 12.4. The van der Waals surface area contributed by atoms with Crippen LogP contribution < -0.4 is 0 Å². The summed E-state index contributed by atoms with van der Waals surface area (Å²) in [5, 5.41) is 26.6. The number of benzene rings is 3. The van der Waals surface area contributed by atoms with Crippen LogP contribution in [0.1, 0.15) is 70.5 Å². The number of fused-ring (bicyclic) bond motifs is 1. The van der Waals surface area contributed by atoms with Gasteiger partial charge in [-0.15, -0.1) is 0 Å². The van der Waals surface area contributed by atoms with E-state index in [1.807, 2.05) is 0 Å². The SMILES string of the molecule is CCC(O)(c1cc(F)c2c(c1)C(=O)N([C@@H](CCC(=O)O)c1ccc(Cl)cc1)[C@@]2(OC)c1ccc(Cl)cc1)c1ccn(C)n1. The van der Waals surface area contributed by atoms with E-state index in [1.165, 1.54) is 28.8 Å². The summed E-state index contributed by atoms with van der Waals surface area (Å²) in [5.74, 6) is -2.44. The number of aliphatic carboxylic acids is 1. The number of hydrogen-bond donors (Lipinski definition) is 2. The summed E-state index contributed by atoms with van der Waals surface area (Å²) in [4.78, 5) is 27.7. The van der Waals surface area contributed by atoms with E-state index in [9.17, 15) is 19.8 Å². The molecule has 3 aromatic carbocycles. The Labute approximate surface area is 258 Å². The number of nitrogens with zero attached hydrogens (tertiary/aromatic N) is 3. The number of carbonyl (C=O) groups is 2. The molecule has 224 valence electrons. The van der Waals surface area contributed by atoms with Gasteiger partial charge in [0, 0.05) is 42.4 Å². The number of carbonyl (C=O) groups excluding carboxylic acids is 1. The van der Waals surface area contributed by atoms with Crippen molar-refractivity contribution in [2.75, 3.05) is 7.11 Å². The molecule has 2 heterocycles. The molecule has 1 aliphatic heterocycles. The molecule has 5 rings (SSSR count). The van der Waals surface area contributed by atoms with Crippen molar-refractivity contribution in [3.63, 3.8) is 0 Å². The van der Waals surface area contributed by atoms with Gasteiger partial charge in [-0.1, -0.05) is 54.4 Å². The van der Waals surface area contributed by atoms with E-state index in [0.717, 1.165) is 0 Å². The molecule has 1 amide bonds. The van der Waals surface area contributed by atoms with Crippen LogP contribution in [0.4, 0.5) is 4.39 Å². The number of methoxy groups -OCH3 is 1. The van der Waals surface area contributed by atoms with Crippen molar-refractivity contribution in [2.45, 2.75) is 43.6 Å². The second-order valence-electron chi connectivity index (χ2n) is 10.5. The molecule has 2 N–H and O–H groups in total. The molecule has 11 heteroatoms. The maximum absolute atomic E-state index is 16.6. The molecule has 8 nitrogen and oxygen atoms in total. The number of aryl methyl sites for hydroxylation is 1. The molecule has 3 atom stereocenters. The number of rotatable bonds is 10. The minimum absolute atomic E-state index is 0.00327. The molecule has 1 aliphatic rings.